The molecule has 3 aromatic rings. The Labute approximate surface area is 130 Å². The van der Waals surface area contributed by atoms with E-state index in [9.17, 15) is 9.59 Å². The van der Waals surface area contributed by atoms with Crippen molar-refractivity contribution in [1.29, 1.82) is 0 Å². The summed E-state index contributed by atoms with van der Waals surface area (Å²) in [6.07, 6.45) is 1.46. The molecule has 110 valence electrons. The van der Waals surface area contributed by atoms with Crippen LogP contribution in [0.5, 0.6) is 0 Å². The monoisotopic (exact) mass is 301 g/mol. The number of nitrogens with one attached hydrogen (secondary N) is 1. The van der Waals surface area contributed by atoms with Crippen LogP contribution in [0, 0.1) is 0 Å². The van der Waals surface area contributed by atoms with Gasteiger partial charge < -0.3 is 4.98 Å². The van der Waals surface area contributed by atoms with Crippen molar-refractivity contribution in [2.45, 2.75) is 0 Å². The summed E-state index contributed by atoms with van der Waals surface area (Å²) in [4.78, 5) is 31.8. The molecule has 0 aliphatic carbocycles. The minimum absolute atomic E-state index is 0.185. The molecular weight excluding hydrogens is 290 g/mol. The summed E-state index contributed by atoms with van der Waals surface area (Å²) in [6, 6.07) is 18.3. The zero-order valence-corrected chi connectivity index (χ0v) is 12.0. The number of rotatable bonds is 0. The highest BCUT2D eigenvalue weighted by Gasteiger charge is 2.14. The second-order valence-electron chi connectivity index (χ2n) is 5.14. The Morgan fingerprint density at radius 2 is 1.39 bits per heavy atom. The van der Waals surface area contributed by atoms with Gasteiger partial charge in [0.25, 0.3) is 5.43 Å². The second kappa shape index (κ2) is 5.14. The summed E-state index contributed by atoms with van der Waals surface area (Å²) in [5, 5.41) is 2.61. The summed E-state index contributed by atoms with van der Waals surface area (Å²) in [7, 11) is 0. The molecule has 0 fully saturated rings. The van der Waals surface area contributed by atoms with Crippen LogP contribution in [0.25, 0.3) is 33.2 Å². The maximum Gasteiger partial charge on any atom is 0.320 e. The molecule has 0 amide bonds. The smallest absolute Gasteiger partial charge is 0.320 e. The Balaban J connectivity index is 0.000000122. The van der Waals surface area contributed by atoms with Crippen LogP contribution in [-0.2, 0) is 0 Å². The van der Waals surface area contributed by atoms with E-state index in [-0.39, 0.29) is 5.69 Å². The number of H-pyrrole nitrogens is 1. The summed E-state index contributed by atoms with van der Waals surface area (Å²) in [6.45, 7) is 0. The van der Waals surface area contributed by atoms with Gasteiger partial charge in [-0.15, -0.1) is 0 Å². The number of nitrogens with zero attached hydrogens (tertiary/aromatic N) is 2. The third kappa shape index (κ3) is 2.19. The Hall–Kier alpha value is -3.34. The molecule has 23 heavy (non-hydrogen) atoms. The van der Waals surface area contributed by atoms with Gasteiger partial charge in [-0.05, 0) is 18.2 Å². The quantitative estimate of drug-likeness (QED) is 0.446. The van der Waals surface area contributed by atoms with Gasteiger partial charge in [0.15, 0.2) is 0 Å². The zero-order valence-electron chi connectivity index (χ0n) is 12.0. The molecule has 5 heteroatoms. The number of para-hydroxylation sites is 2. The predicted octanol–water partition coefficient (Wildman–Crippen LogP) is 2.50. The lowest BCUT2D eigenvalue weighted by atomic mass is 10.2. The van der Waals surface area contributed by atoms with E-state index in [1.165, 1.54) is 34.1 Å². The molecule has 0 saturated carbocycles. The molecule has 0 radical (unpaired) electrons. The van der Waals surface area contributed by atoms with Crippen LogP contribution in [0.15, 0.2) is 70.4 Å². The average Bonchev–Trinajstić information content (AvgIpc) is 3.24. The van der Waals surface area contributed by atoms with E-state index in [2.05, 4.69) is 63.5 Å². The van der Waals surface area contributed by atoms with Crippen LogP contribution in [0.4, 0.5) is 0 Å². The number of hydrogen-bond donors (Lipinski definition) is 1. The van der Waals surface area contributed by atoms with E-state index in [4.69, 9.17) is 0 Å². The van der Waals surface area contributed by atoms with Crippen LogP contribution in [0.1, 0.15) is 0 Å². The Morgan fingerprint density at radius 3 is 2.00 bits per heavy atom. The van der Waals surface area contributed by atoms with Gasteiger partial charge in [0, 0.05) is 28.0 Å². The van der Waals surface area contributed by atoms with E-state index in [1.807, 2.05) is 0 Å². The Bertz CT molecular complexity index is 1120. The van der Waals surface area contributed by atoms with E-state index >= 15 is 0 Å². The lowest BCUT2D eigenvalue weighted by Gasteiger charge is -1.87. The lowest BCUT2D eigenvalue weighted by molar-refractivity contribution is 1.30. The van der Waals surface area contributed by atoms with Gasteiger partial charge in [-0.25, -0.2) is 4.98 Å². The van der Waals surface area contributed by atoms with E-state index in [0.29, 0.717) is 5.69 Å². The van der Waals surface area contributed by atoms with Crippen molar-refractivity contribution >= 4 is 21.8 Å². The highest BCUT2D eigenvalue weighted by Crippen LogP contribution is 2.24. The maximum absolute atomic E-state index is 10.8. The Morgan fingerprint density at radius 1 is 0.783 bits per heavy atom. The van der Waals surface area contributed by atoms with Crippen LogP contribution in [-0.4, -0.2) is 15.0 Å². The molecule has 0 unspecified atom stereocenters. The van der Waals surface area contributed by atoms with Crippen LogP contribution < -0.4 is 11.0 Å². The van der Waals surface area contributed by atoms with E-state index in [0.717, 1.165) is 0 Å². The first-order valence-corrected chi connectivity index (χ1v) is 7.11. The molecule has 2 aromatic carbocycles. The van der Waals surface area contributed by atoms with Crippen molar-refractivity contribution in [2.75, 3.05) is 0 Å². The minimum atomic E-state index is -0.710. The molecule has 5 nitrogen and oxygen atoms in total. The van der Waals surface area contributed by atoms with E-state index in [1.54, 1.807) is 0 Å². The topological polar surface area (TPSA) is 75.7 Å². The number of aromatic amines is 1. The third-order valence-electron chi connectivity index (χ3n) is 3.72. The van der Waals surface area contributed by atoms with Crippen molar-refractivity contribution in [2.24, 2.45) is 0 Å². The standard InChI is InChI=1S/C12H9N.C6H2N2O2/c1-3-7-11-9(5-1)10-6-2-4-8-12(10)13-11;9-5-4-3(1-2-7-4)8-6(5)10/h1-8,13H;1-2H. The maximum atomic E-state index is 10.8. The Kier molecular flexibility index (Phi) is 2.98. The van der Waals surface area contributed by atoms with Gasteiger partial charge in [0.2, 0.25) is 0 Å². The van der Waals surface area contributed by atoms with E-state index < -0.39 is 11.0 Å². The van der Waals surface area contributed by atoms with Gasteiger partial charge in [-0.3, -0.25) is 14.6 Å². The molecule has 1 aromatic heterocycles. The minimum Gasteiger partial charge on any atom is -0.355 e. The van der Waals surface area contributed by atoms with Gasteiger partial charge in [0.05, 0.1) is 5.69 Å². The number of aromatic nitrogens is 3. The van der Waals surface area contributed by atoms with Gasteiger partial charge >= 0.3 is 5.56 Å². The highest BCUT2D eigenvalue weighted by molar-refractivity contribution is 6.06. The van der Waals surface area contributed by atoms with Crippen LogP contribution >= 0.6 is 0 Å². The van der Waals surface area contributed by atoms with Crippen molar-refractivity contribution in [3.05, 3.63) is 81.4 Å². The largest absolute Gasteiger partial charge is 0.355 e. The SMILES string of the molecule is O=c1nc2ccnc-2c1=O.c1ccc2c(c1)[nH]c1ccccc12. The normalized spacial score (nSPS) is 11.0. The molecule has 1 N–H and O–H groups in total. The second-order valence-corrected chi connectivity index (χ2v) is 5.14. The van der Waals surface area contributed by atoms with Crippen molar-refractivity contribution in [3.63, 3.8) is 0 Å². The summed E-state index contributed by atoms with van der Waals surface area (Å²) >= 11 is 0. The first kappa shape index (κ1) is 13.3. The zero-order chi connectivity index (χ0) is 15.8. The summed E-state index contributed by atoms with van der Waals surface area (Å²) in [5.74, 6) is 0. The molecule has 5 rings (SSSR count). The van der Waals surface area contributed by atoms with Crippen molar-refractivity contribution < 1.29 is 0 Å². The van der Waals surface area contributed by atoms with Crippen LogP contribution in [0.3, 0.4) is 0 Å². The molecule has 2 aliphatic rings. The number of hydrogen-bond acceptors (Lipinski definition) is 4. The fraction of sp³-hybridized carbons (Fsp3) is 0. The van der Waals surface area contributed by atoms with Gasteiger partial charge in [-0.2, -0.15) is 0 Å². The average molecular weight is 301 g/mol. The molecule has 0 saturated heterocycles. The van der Waals surface area contributed by atoms with Crippen molar-refractivity contribution in [3.8, 4) is 11.4 Å². The molecule has 0 atom stereocenters. The number of fused-ring (bicyclic) bond motifs is 4. The summed E-state index contributed by atoms with van der Waals surface area (Å²) in [5.41, 5.74) is 1.70. The molecule has 0 bridgehead atoms. The van der Waals surface area contributed by atoms with Crippen molar-refractivity contribution in [1.82, 2.24) is 15.0 Å². The summed E-state index contributed by atoms with van der Waals surface area (Å²) < 4.78 is 0. The molecule has 2 aliphatic heterocycles. The van der Waals surface area contributed by atoms with Gasteiger partial charge in [0.1, 0.15) is 5.69 Å². The molecule has 0 spiro atoms. The molecule has 3 heterocycles. The number of benzene rings is 2. The first-order chi connectivity index (χ1) is 11.2. The van der Waals surface area contributed by atoms with Crippen LogP contribution in [0.2, 0.25) is 0 Å². The highest BCUT2D eigenvalue weighted by atomic mass is 16.2. The third-order valence-corrected chi connectivity index (χ3v) is 3.72. The fourth-order valence-corrected chi connectivity index (χ4v) is 2.65. The fourth-order valence-electron chi connectivity index (χ4n) is 2.65. The van der Waals surface area contributed by atoms with Gasteiger partial charge in [-0.1, -0.05) is 36.4 Å². The lowest BCUT2D eigenvalue weighted by Crippen LogP contribution is -2.19. The molecular formula is C18H11N3O2. The first-order valence-electron chi connectivity index (χ1n) is 7.11. The predicted molar refractivity (Wildman–Crippen MR) is 89.4 cm³/mol.